The van der Waals surface area contributed by atoms with Crippen LogP contribution in [0.15, 0.2) is 48.7 Å². The molecule has 2 fully saturated rings. The molecule has 0 atom stereocenters. The van der Waals surface area contributed by atoms with E-state index < -0.39 is 7.14 Å². The summed E-state index contributed by atoms with van der Waals surface area (Å²) in [7, 11) is -0.294. The Morgan fingerprint density at radius 1 is 1.00 bits per heavy atom. The Hall–Kier alpha value is -2.84. The molecule has 0 amide bonds. The maximum Gasteiger partial charge on any atom is 0.229 e. The van der Waals surface area contributed by atoms with E-state index in [9.17, 15) is 4.57 Å². The van der Waals surface area contributed by atoms with Crippen LogP contribution in [0.25, 0.3) is 0 Å². The smallest absolute Gasteiger partial charge is 0.229 e. The van der Waals surface area contributed by atoms with Gasteiger partial charge in [0.25, 0.3) is 0 Å². The molecule has 0 bridgehead atoms. The zero-order valence-electron chi connectivity index (χ0n) is 22.9. The predicted molar refractivity (Wildman–Crippen MR) is 164 cm³/mol. The molecule has 2 saturated heterocycles. The molecule has 1 aromatic heterocycles. The third-order valence-corrected chi connectivity index (χ3v) is 9.45. The highest BCUT2D eigenvalue weighted by molar-refractivity contribution is 7.70. The first kappa shape index (κ1) is 27.7. The van der Waals surface area contributed by atoms with Crippen LogP contribution in [-0.2, 0) is 4.57 Å². The maximum atomic E-state index is 12.8. The van der Waals surface area contributed by atoms with Crippen LogP contribution in [0.3, 0.4) is 0 Å². The Morgan fingerprint density at radius 2 is 1.72 bits per heavy atom. The summed E-state index contributed by atoms with van der Waals surface area (Å²) in [6.07, 6.45) is 3.86. The van der Waals surface area contributed by atoms with Crippen LogP contribution in [0.5, 0.6) is 0 Å². The van der Waals surface area contributed by atoms with Crippen molar-refractivity contribution in [2.45, 2.75) is 18.9 Å². The van der Waals surface area contributed by atoms with Crippen molar-refractivity contribution in [1.82, 2.24) is 19.8 Å². The van der Waals surface area contributed by atoms with E-state index in [2.05, 4.69) is 48.4 Å². The van der Waals surface area contributed by atoms with Gasteiger partial charge in [-0.05, 0) is 63.6 Å². The van der Waals surface area contributed by atoms with E-state index in [1.807, 2.05) is 36.4 Å². The average Bonchev–Trinajstić information content (AvgIpc) is 2.91. The summed E-state index contributed by atoms with van der Waals surface area (Å²) in [5.74, 6) is 0.818. The molecule has 11 heteroatoms. The number of piperazine rings is 1. The third-order valence-electron chi connectivity index (χ3n) is 7.62. The van der Waals surface area contributed by atoms with Crippen molar-refractivity contribution in [2.24, 2.45) is 0 Å². The largest absolute Gasteiger partial charge is 0.397 e. The van der Waals surface area contributed by atoms with Crippen LogP contribution >= 0.6 is 18.7 Å². The fraction of sp³-hybridized carbons (Fsp3) is 0.429. The molecule has 208 valence electrons. The Balaban J connectivity index is 1.24. The molecule has 3 heterocycles. The van der Waals surface area contributed by atoms with Crippen LogP contribution in [0, 0.1) is 0 Å². The van der Waals surface area contributed by atoms with Gasteiger partial charge in [-0.3, -0.25) is 4.90 Å². The summed E-state index contributed by atoms with van der Waals surface area (Å²) >= 11 is 6.40. The highest BCUT2D eigenvalue weighted by Gasteiger charge is 2.27. The van der Waals surface area contributed by atoms with E-state index in [-0.39, 0.29) is 0 Å². The summed E-state index contributed by atoms with van der Waals surface area (Å²) in [6.45, 7) is 10.1. The number of anilines is 6. The molecule has 2 aliphatic rings. The molecule has 5 rings (SSSR count). The first-order valence-corrected chi connectivity index (χ1v) is 16.4. The first-order valence-electron chi connectivity index (χ1n) is 13.5. The van der Waals surface area contributed by atoms with E-state index in [1.54, 1.807) is 19.5 Å². The van der Waals surface area contributed by atoms with Crippen LogP contribution in [-0.4, -0.2) is 85.5 Å². The molecular formula is C28H38ClN8OP. The molecule has 0 radical (unpaired) electrons. The lowest BCUT2D eigenvalue weighted by atomic mass is 10.0. The van der Waals surface area contributed by atoms with Crippen molar-refractivity contribution in [3.8, 4) is 0 Å². The lowest BCUT2D eigenvalue weighted by molar-refractivity contribution is 0.0982. The number of nitrogens with one attached hydrogen (secondary N) is 2. The van der Waals surface area contributed by atoms with Gasteiger partial charge in [0, 0.05) is 56.3 Å². The number of piperidine rings is 1. The Morgan fingerprint density at radius 3 is 2.41 bits per heavy atom. The van der Waals surface area contributed by atoms with Gasteiger partial charge in [0.1, 0.15) is 12.2 Å². The van der Waals surface area contributed by atoms with Crippen LogP contribution < -0.4 is 26.6 Å². The summed E-state index contributed by atoms with van der Waals surface area (Å²) < 4.78 is 12.8. The fourth-order valence-electron chi connectivity index (χ4n) is 5.40. The summed E-state index contributed by atoms with van der Waals surface area (Å²) in [4.78, 5) is 16.4. The molecule has 9 nitrogen and oxygen atoms in total. The summed E-state index contributed by atoms with van der Waals surface area (Å²) in [5.41, 5.74) is 9.81. The Kier molecular flexibility index (Phi) is 8.33. The van der Waals surface area contributed by atoms with Gasteiger partial charge < -0.3 is 30.7 Å². The van der Waals surface area contributed by atoms with Crippen LogP contribution in [0.2, 0.25) is 5.02 Å². The van der Waals surface area contributed by atoms with Gasteiger partial charge >= 0.3 is 0 Å². The van der Waals surface area contributed by atoms with Gasteiger partial charge in [-0.15, -0.1) is 0 Å². The van der Waals surface area contributed by atoms with Crippen molar-refractivity contribution in [3.05, 3.63) is 53.7 Å². The van der Waals surface area contributed by atoms with E-state index in [1.165, 1.54) is 0 Å². The minimum absolute atomic E-state index is 0.368. The molecule has 0 unspecified atom stereocenters. The molecule has 2 aromatic carbocycles. The highest BCUT2D eigenvalue weighted by atomic mass is 35.5. The molecule has 0 aliphatic carbocycles. The zero-order valence-corrected chi connectivity index (χ0v) is 24.6. The Labute approximate surface area is 236 Å². The molecule has 2 aliphatic heterocycles. The van der Waals surface area contributed by atoms with Crippen molar-refractivity contribution >= 4 is 58.6 Å². The molecule has 0 spiro atoms. The van der Waals surface area contributed by atoms with Gasteiger partial charge in [-0.2, -0.15) is 4.98 Å². The topological polar surface area (TPSA) is 103 Å². The Bertz CT molecular complexity index is 1350. The van der Waals surface area contributed by atoms with E-state index in [4.69, 9.17) is 17.3 Å². The number of halogens is 1. The normalized spacial score (nSPS) is 17.8. The van der Waals surface area contributed by atoms with E-state index >= 15 is 0 Å². The van der Waals surface area contributed by atoms with Crippen molar-refractivity contribution < 1.29 is 4.57 Å². The van der Waals surface area contributed by atoms with Gasteiger partial charge in [0.2, 0.25) is 5.95 Å². The second kappa shape index (κ2) is 11.7. The second-order valence-electron chi connectivity index (χ2n) is 10.8. The van der Waals surface area contributed by atoms with E-state index in [0.717, 1.165) is 74.5 Å². The predicted octanol–water partition coefficient (Wildman–Crippen LogP) is 4.66. The lowest BCUT2D eigenvalue weighted by Gasteiger charge is -2.42. The summed E-state index contributed by atoms with van der Waals surface area (Å²) in [6, 6.07) is 14.1. The number of likely N-dealkylation sites (N-methyl/N-ethyl adjacent to an activating group) is 1. The minimum Gasteiger partial charge on any atom is -0.397 e. The molecule has 39 heavy (non-hydrogen) atoms. The number of hydrogen-bond acceptors (Lipinski definition) is 9. The number of rotatable bonds is 7. The monoisotopic (exact) mass is 568 g/mol. The SMILES string of the molecule is CN1CCN(C2CCN(c3ccc(Nc4ncc(Cl)c(Nc5ccccc5P(C)(C)=O)n4)cc3N)CC2)CC1. The quantitative estimate of drug-likeness (QED) is 0.277. The number of aromatic nitrogens is 2. The highest BCUT2D eigenvalue weighted by Crippen LogP contribution is 2.39. The number of para-hydroxylation sites is 1. The van der Waals surface area contributed by atoms with Gasteiger partial charge in [0.05, 0.1) is 23.3 Å². The maximum absolute atomic E-state index is 12.8. The van der Waals surface area contributed by atoms with Crippen LogP contribution in [0.1, 0.15) is 12.8 Å². The number of nitrogens with two attached hydrogens (primary N) is 1. The molecule has 3 aromatic rings. The average molecular weight is 569 g/mol. The lowest BCUT2D eigenvalue weighted by Crippen LogP contribution is -2.52. The van der Waals surface area contributed by atoms with Crippen molar-refractivity contribution in [1.29, 1.82) is 0 Å². The van der Waals surface area contributed by atoms with Crippen LogP contribution in [0.4, 0.5) is 34.5 Å². The number of nitrogen functional groups attached to an aromatic ring is 1. The number of nitrogens with zero attached hydrogens (tertiary/aromatic N) is 5. The second-order valence-corrected chi connectivity index (χ2v) is 14.4. The number of benzene rings is 2. The molecule has 0 saturated carbocycles. The van der Waals surface area contributed by atoms with Crippen molar-refractivity contribution in [2.75, 3.05) is 80.9 Å². The third kappa shape index (κ3) is 6.67. The van der Waals surface area contributed by atoms with E-state index in [0.29, 0.717) is 28.5 Å². The standard InChI is InChI=1S/C28H38ClN8OP/c1-35-14-16-36(17-15-35)21-10-12-37(13-11-21)25-9-8-20(18-23(25)30)32-28-31-19-22(29)27(34-28)33-24-6-4-5-7-26(24)39(2,3)38/h4-9,18-19,21H,10-17,30H2,1-3H3,(H2,31,32,33,34). The zero-order chi connectivity index (χ0) is 27.6. The van der Waals surface area contributed by atoms with Gasteiger partial charge in [-0.1, -0.05) is 23.7 Å². The minimum atomic E-state index is -2.50. The number of hydrogen-bond donors (Lipinski definition) is 3. The molecular weight excluding hydrogens is 531 g/mol. The first-order chi connectivity index (χ1) is 18.7. The summed E-state index contributed by atoms with van der Waals surface area (Å²) in [5, 5.41) is 7.58. The fourth-order valence-corrected chi connectivity index (χ4v) is 6.69. The van der Waals surface area contributed by atoms with Crippen molar-refractivity contribution in [3.63, 3.8) is 0 Å². The molecule has 4 N–H and O–H groups in total. The van der Waals surface area contributed by atoms with Gasteiger partial charge in [-0.25, -0.2) is 4.98 Å². The van der Waals surface area contributed by atoms with Gasteiger partial charge in [0.15, 0.2) is 5.82 Å².